The normalized spacial score (nSPS) is 21.8. The molecule has 0 spiro atoms. The van der Waals surface area contributed by atoms with Crippen molar-refractivity contribution in [1.82, 2.24) is 0 Å². The second kappa shape index (κ2) is 7.54. The highest BCUT2D eigenvalue weighted by Crippen LogP contribution is 2.50. The van der Waals surface area contributed by atoms with E-state index in [2.05, 4.69) is 22.2 Å². The summed E-state index contributed by atoms with van der Waals surface area (Å²) >= 11 is 0. The van der Waals surface area contributed by atoms with Crippen LogP contribution in [-0.2, 0) is 10.0 Å². The third kappa shape index (κ3) is 3.72. The highest BCUT2D eigenvalue weighted by atomic mass is 32.2. The van der Waals surface area contributed by atoms with Crippen LogP contribution in [0.25, 0.3) is 0 Å². The van der Waals surface area contributed by atoms with Crippen LogP contribution in [0, 0.1) is 18.7 Å². The summed E-state index contributed by atoms with van der Waals surface area (Å²) in [6, 6.07) is 19.1. The number of hydrogen-bond donors (Lipinski definition) is 2. The average molecular weight is 435 g/mol. The molecule has 31 heavy (non-hydrogen) atoms. The number of rotatable bonds is 4. The molecule has 4 nitrogen and oxygen atoms in total. The van der Waals surface area contributed by atoms with E-state index in [1.165, 1.54) is 12.1 Å². The highest BCUT2D eigenvalue weighted by Gasteiger charge is 2.38. The van der Waals surface area contributed by atoms with Crippen LogP contribution in [0.4, 0.5) is 15.8 Å². The molecule has 5 rings (SSSR count). The molecule has 3 aromatic carbocycles. The van der Waals surface area contributed by atoms with Crippen molar-refractivity contribution in [1.29, 1.82) is 0 Å². The minimum Gasteiger partial charge on any atom is -0.378 e. The van der Waals surface area contributed by atoms with Gasteiger partial charge in [0.25, 0.3) is 10.0 Å². The summed E-state index contributed by atoms with van der Waals surface area (Å²) in [5, 5.41) is 3.56. The van der Waals surface area contributed by atoms with E-state index in [1.807, 2.05) is 37.3 Å². The minimum atomic E-state index is -3.70. The van der Waals surface area contributed by atoms with Crippen LogP contribution in [0.2, 0.25) is 0 Å². The number of fused-ring (bicyclic) bond motifs is 3. The first-order chi connectivity index (χ1) is 14.9. The Labute approximate surface area is 181 Å². The summed E-state index contributed by atoms with van der Waals surface area (Å²) in [7, 11) is -3.70. The Morgan fingerprint density at radius 1 is 1.00 bits per heavy atom. The molecule has 0 saturated heterocycles. The Kier molecular flexibility index (Phi) is 4.82. The maximum absolute atomic E-state index is 13.4. The first kappa shape index (κ1) is 19.8. The molecular formula is C25H23FN2O2S. The van der Waals surface area contributed by atoms with Crippen LogP contribution < -0.4 is 10.0 Å². The van der Waals surface area contributed by atoms with E-state index in [9.17, 15) is 12.8 Å². The molecule has 3 atom stereocenters. The zero-order valence-electron chi connectivity index (χ0n) is 17.0. The van der Waals surface area contributed by atoms with E-state index >= 15 is 0 Å². The quantitative estimate of drug-likeness (QED) is 0.513. The van der Waals surface area contributed by atoms with Crippen molar-refractivity contribution in [3.8, 4) is 0 Å². The summed E-state index contributed by atoms with van der Waals surface area (Å²) in [4.78, 5) is 0.243. The van der Waals surface area contributed by atoms with Crippen molar-refractivity contribution in [2.75, 3.05) is 10.0 Å². The van der Waals surface area contributed by atoms with Crippen LogP contribution in [0.15, 0.2) is 83.8 Å². The van der Waals surface area contributed by atoms with Crippen LogP contribution in [-0.4, -0.2) is 8.42 Å². The van der Waals surface area contributed by atoms with Gasteiger partial charge in [0.1, 0.15) is 5.82 Å². The van der Waals surface area contributed by atoms with Gasteiger partial charge in [0, 0.05) is 17.3 Å². The zero-order valence-corrected chi connectivity index (χ0v) is 17.9. The van der Waals surface area contributed by atoms with Crippen LogP contribution in [0.1, 0.15) is 35.1 Å². The largest absolute Gasteiger partial charge is 0.378 e. The molecule has 2 aliphatic rings. The number of benzene rings is 3. The van der Waals surface area contributed by atoms with Crippen molar-refractivity contribution in [2.24, 2.45) is 5.92 Å². The third-order valence-corrected chi connectivity index (χ3v) is 7.56. The van der Waals surface area contributed by atoms with E-state index in [0.717, 1.165) is 28.8 Å². The lowest BCUT2D eigenvalue weighted by molar-refractivity contribution is 0.424. The lowest BCUT2D eigenvalue weighted by atomic mass is 9.77. The molecule has 1 heterocycles. The fourth-order valence-electron chi connectivity index (χ4n) is 4.58. The summed E-state index contributed by atoms with van der Waals surface area (Å²) in [6.45, 7) is 1.96. The zero-order chi connectivity index (χ0) is 21.6. The number of allylic oxidation sites excluding steroid dienone is 2. The second-order valence-electron chi connectivity index (χ2n) is 8.25. The van der Waals surface area contributed by atoms with Gasteiger partial charge < -0.3 is 5.32 Å². The van der Waals surface area contributed by atoms with Crippen molar-refractivity contribution < 1.29 is 12.8 Å². The molecule has 0 bridgehead atoms. The predicted octanol–water partition coefficient (Wildman–Crippen LogP) is 5.76. The predicted molar refractivity (Wildman–Crippen MR) is 121 cm³/mol. The Morgan fingerprint density at radius 3 is 2.48 bits per heavy atom. The molecule has 0 radical (unpaired) electrons. The fraction of sp³-hybridized carbons (Fsp3) is 0.200. The molecular weight excluding hydrogens is 411 g/mol. The van der Waals surface area contributed by atoms with Crippen LogP contribution in [0.5, 0.6) is 0 Å². The Hall–Kier alpha value is -3.12. The van der Waals surface area contributed by atoms with Gasteiger partial charge in [-0.1, -0.05) is 42.0 Å². The third-order valence-electron chi connectivity index (χ3n) is 6.18. The second-order valence-corrected chi connectivity index (χ2v) is 9.93. The van der Waals surface area contributed by atoms with Gasteiger partial charge in [0.05, 0.1) is 10.9 Å². The SMILES string of the molecule is Cc1ccc(NS(=O)(=O)c2ccc3c(c2)[C@H]2C=CC[C@H]2[C@@H](c2ccc(F)cc2)N3)cc1. The molecule has 0 fully saturated rings. The number of anilines is 2. The average Bonchev–Trinajstić information content (AvgIpc) is 3.25. The lowest BCUT2D eigenvalue weighted by Gasteiger charge is -2.37. The number of halogens is 1. The van der Waals surface area contributed by atoms with E-state index < -0.39 is 10.0 Å². The molecule has 1 aliphatic carbocycles. The molecule has 0 saturated carbocycles. The van der Waals surface area contributed by atoms with E-state index in [1.54, 1.807) is 24.3 Å². The summed E-state index contributed by atoms with van der Waals surface area (Å²) in [5.74, 6) is 0.110. The van der Waals surface area contributed by atoms with E-state index in [0.29, 0.717) is 5.69 Å². The van der Waals surface area contributed by atoms with E-state index in [-0.39, 0.29) is 28.6 Å². The highest BCUT2D eigenvalue weighted by molar-refractivity contribution is 7.92. The monoisotopic (exact) mass is 434 g/mol. The van der Waals surface area contributed by atoms with Gasteiger partial charge in [0.15, 0.2) is 0 Å². The van der Waals surface area contributed by atoms with Gasteiger partial charge in [-0.25, -0.2) is 12.8 Å². The Balaban J connectivity index is 1.48. The van der Waals surface area contributed by atoms with Crippen molar-refractivity contribution >= 4 is 21.4 Å². The van der Waals surface area contributed by atoms with Crippen molar-refractivity contribution in [2.45, 2.75) is 30.2 Å². The molecule has 6 heteroatoms. The first-order valence-corrected chi connectivity index (χ1v) is 11.8. The van der Waals surface area contributed by atoms with Gasteiger partial charge >= 0.3 is 0 Å². The molecule has 1 aliphatic heterocycles. The van der Waals surface area contributed by atoms with Gasteiger partial charge in [-0.3, -0.25) is 4.72 Å². The summed E-state index contributed by atoms with van der Waals surface area (Å²) in [5.41, 5.74) is 4.53. The Morgan fingerprint density at radius 2 is 1.74 bits per heavy atom. The fourth-order valence-corrected chi connectivity index (χ4v) is 5.67. The number of aryl methyl sites for hydroxylation is 1. The Bertz CT molecular complexity index is 1250. The van der Waals surface area contributed by atoms with E-state index in [4.69, 9.17) is 0 Å². The van der Waals surface area contributed by atoms with Crippen molar-refractivity contribution in [3.63, 3.8) is 0 Å². The standard InChI is InChI=1S/C25H23FN2O2S/c1-16-5-11-19(12-6-16)28-31(29,30)20-13-14-24-23(15-20)21-3-2-4-22(21)25(27-24)17-7-9-18(26)10-8-17/h2-3,5-15,21-22,25,27-28H,4H2,1H3/t21-,22+,25+/m0/s1. The molecule has 0 amide bonds. The molecule has 3 aromatic rings. The topological polar surface area (TPSA) is 58.2 Å². The molecule has 0 aromatic heterocycles. The van der Waals surface area contributed by atoms with Gasteiger partial charge in [-0.2, -0.15) is 0 Å². The lowest BCUT2D eigenvalue weighted by Crippen LogP contribution is -2.29. The maximum atomic E-state index is 13.4. The van der Waals surface area contributed by atoms with Crippen molar-refractivity contribution in [3.05, 3.63) is 101 Å². The van der Waals surface area contributed by atoms with Crippen LogP contribution in [0.3, 0.4) is 0 Å². The first-order valence-electron chi connectivity index (χ1n) is 10.3. The number of sulfonamides is 1. The van der Waals surface area contributed by atoms with Gasteiger partial charge in [-0.15, -0.1) is 0 Å². The van der Waals surface area contributed by atoms with Gasteiger partial charge in [-0.05, 0) is 72.9 Å². The molecule has 0 unspecified atom stereocenters. The number of hydrogen-bond acceptors (Lipinski definition) is 3. The summed E-state index contributed by atoms with van der Waals surface area (Å²) < 4.78 is 42.1. The van der Waals surface area contributed by atoms with Gasteiger partial charge in [0.2, 0.25) is 0 Å². The minimum absolute atomic E-state index is 0.0428. The maximum Gasteiger partial charge on any atom is 0.261 e. The number of nitrogens with one attached hydrogen (secondary N) is 2. The molecule has 2 N–H and O–H groups in total. The molecule has 158 valence electrons. The summed E-state index contributed by atoms with van der Waals surface area (Å²) in [6.07, 6.45) is 5.19. The van der Waals surface area contributed by atoms with Crippen LogP contribution >= 0.6 is 0 Å². The smallest absolute Gasteiger partial charge is 0.261 e.